The third-order valence-corrected chi connectivity index (χ3v) is 11.6. The first kappa shape index (κ1) is 26.7. The van der Waals surface area contributed by atoms with Crippen molar-refractivity contribution in [2.75, 3.05) is 50.6 Å². The van der Waals surface area contributed by atoms with Crippen LogP contribution in [-0.2, 0) is 25.5 Å². The Bertz CT molecular complexity index is 1830. The number of nitrogens with zero attached hydrogens (tertiary/aromatic N) is 5. The van der Waals surface area contributed by atoms with Crippen molar-refractivity contribution in [1.29, 1.82) is 0 Å². The molecule has 2 aliphatic heterocycles. The summed E-state index contributed by atoms with van der Waals surface area (Å²) in [6.45, 7) is 2.15. The molecule has 2 aliphatic rings. The first-order chi connectivity index (χ1) is 18.9. The van der Waals surface area contributed by atoms with Crippen LogP contribution in [-0.4, -0.2) is 71.1 Å². The van der Waals surface area contributed by atoms with E-state index in [1.54, 1.807) is 18.2 Å². The minimum Gasteiger partial charge on any atom is -0.373 e. The molecule has 6 rings (SSSR count). The highest BCUT2D eigenvalue weighted by molar-refractivity contribution is 7.90. The van der Waals surface area contributed by atoms with Gasteiger partial charge in [0.25, 0.3) is 10.0 Å². The summed E-state index contributed by atoms with van der Waals surface area (Å²) >= 11 is 0. The fourth-order valence-corrected chi connectivity index (χ4v) is 8.19. The smallest absolute Gasteiger partial charge is 0.283 e. The summed E-state index contributed by atoms with van der Waals surface area (Å²) in [5.74, 6) is 0.346. The van der Waals surface area contributed by atoms with Gasteiger partial charge in [0.05, 0.1) is 15.3 Å². The third-order valence-electron chi connectivity index (χ3n) is 8.17. The first-order valence-corrected chi connectivity index (χ1v) is 15.8. The lowest BCUT2D eigenvalue weighted by atomic mass is 9.74. The molecule has 9 nitrogen and oxygen atoms in total. The van der Waals surface area contributed by atoms with Gasteiger partial charge in [0.1, 0.15) is 5.82 Å². The fraction of sp³-hybridized carbons (Fsp3) is 0.321. The fourth-order valence-electron chi connectivity index (χ4n) is 6.00. The van der Waals surface area contributed by atoms with Crippen LogP contribution in [0.1, 0.15) is 18.4 Å². The monoisotopic (exact) mass is 583 g/mol. The Morgan fingerprint density at radius 3 is 2.23 bits per heavy atom. The number of likely N-dealkylation sites (N-methyl/N-ethyl adjacent to an activating group) is 1. The molecule has 3 heterocycles. The zero-order valence-electron chi connectivity index (χ0n) is 22.4. The molecule has 0 saturated carbocycles. The molecular formula is C28H30FN5O4S2. The number of halogens is 1. The maximum atomic E-state index is 13.9. The summed E-state index contributed by atoms with van der Waals surface area (Å²) in [7, 11) is -2.98. The van der Waals surface area contributed by atoms with Gasteiger partial charge in [0.2, 0.25) is 10.0 Å². The molecule has 0 aliphatic carbocycles. The Hall–Kier alpha value is -3.48. The molecule has 210 valence electrons. The van der Waals surface area contributed by atoms with Gasteiger partial charge in [0, 0.05) is 57.3 Å². The van der Waals surface area contributed by atoms with Crippen molar-refractivity contribution in [2.45, 2.75) is 28.0 Å². The summed E-state index contributed by atoms with van der Waals surface area (Å²) < 4.78 is 68.4. The number of anilines is 2. The van der Waals surface area contributed by atoms with Gasteiger partial charge in [-0.25, -0.2) is 17.1 Å². The summed E-state index contributed by atoms with van der Waals surface area (Å²) in [5.41, 5.74) is 2.45. The Morgan fingerprint density at radius 2 is 1.55 bits per heavy atom. The number of fused-ring (bicyclic) bond motifs is 3. The van der Waals surface area contributed by atoms with Crippen molar-refractivity contribution in [3.05, 3.63) is 78.1 Å². The Kier molecular flexibility index (Phi) is 6.20. The van der Waals surface area contributed by atoms with Crippen molar-refractivity contribution >= 4 is 42.5 Å². The van der Waals surface area contributed by atoms with Crippen molar-refractivity contribution in [2.24, 2.45) is 0 Å². The van der Waals surface area contributed by atoms with Gasteiger partial charge < -0.3 is 9.80 Å². The van der Waals surface area contributed by atoms with Gasteiger partial charge in [-0.2, -0.15) is 12.5 Å². The van der Waals surface area contributed by atoms with Crippen LogP contribution < -0.4 is 9.80 Å². The number of rotatable bonds is 5. The van der Waals surface area contributed by atoms with E-state index in [9.17, 15) is 21.2 Å². The minimum absolute atomic E-state index is 0.00609. The molecule has 12 heteroatoms. The van der Waals surface area contributed by atoms with Crippen LogP contribution in [0.4, 0.5) is 15.9 Å². The second kappa shape index (κ2) is 9.28. The van der Waals surface area contributed by atoms with Crippen LogP contribution in [0, 0.1) is 5.82 Å². The van der Waals surface area contributed by atoms with Crippen LogP contribution in [0.25, 0.3) is 10.9 Å². The van der Waals surface area contributed by atoms with Gasteiger partial charge in [-0.05, 0) is 66.9 Å². The molecule has 0 atom stereocenters. The van der Waals surface area contributed by atoms with E-state index in [1.165, 1.54) is 44.4 Å². The van der Waals surface area contributed by atoms with Gasteiger partial charge in [-0.15, -0.1) is 5.10 Å². The molecule has 1 spiro atoms. The number of hydrogen-bond donors (Lipinski definition) is 0. The molecule has 0 N–H and O–H groups in total. The van der Waals surface area contributed by atoms with E-state index in [2.05, 4.69) is 14.9 Å². The molecule has 1 aromatic heterocycles. The van der Waals surface area contributed by atoms with E-state index in [1.807, 2.05) is 25.2 Å². The average molecular weight is 584 g/mol. The molecule has 4 aromatic rings. The summed E-state index contributed by atoms with van der Waals surface area (Å²) in [5, 5.41) is 5.34. The van der Waals surface area contributed by atoms with Gasteiger partial charge in [0.15, 0.2) is 5.82 Å². The summed E-state index contributed by atoms with van der Waals surface area (Å²) in [6, 6.07) is 17.4. The lowest BCUT2D eigenvalue weighted by molar-refractivity contribution is 0.352. The van der Waals surface area contributed by atoms with Crippen molar-refractivity contribution in [3.8, 4) is 0 Å². The third kappa shape index (κ3) is 4.08. The van der Waals surface area contributed by atoms with Crippen molar-refractivity contribution in [1.82, 2.24) is 13.5 Å². The van der Waals surface area contributed by atoms with E-state index >= 15 is 0 Å². The van der Waals surface area contributed by atoms with Crippen LogP contribution in [0.2, 0.25) is 0 Å². The predicted molar refractivity (Wildman–Crippen MR) is 152 cm³/mol. The molecule has 0 amide bonds. The molecule has 3 aromatic carbocycles. The number of sulfonamides is 1. The van der Waals surface area contributed by atoms with E-state index in [0.29, 0.717) is 24.4 Å². The molecule has 1 fully saturated rings. The molecule has 0 unspecified atom stereocenters. The van der Waals surface area contributed by atoms with Crippen LogP contribution in [0.5, 0.6) is 0 Å². The van der Waals surface area contributed by atoms with Gasteiger partial charge >= 0.3 is 0 Å². The normalized spacial score (nSPS) is 17.2. The molecule has 0 bridgehead atoms. The highest BCUT2D eigenvalue weighted by atomic mass is 32.2. The van der Waals surface area contributed by atoms with Crippen molar-refractivity contribution in [3.63, 3.8) is 0 Å². The molecule has 0 radical (unpaired) electrons. The average Bonchev–Trinajstić information content (AvgIpc) is 3.45. The van der Waals surface area contributed by atoms with E-state index < -0.39 is 20.0 Å². The van der Waals surface area contributed by atoms with Gasteiger partial charge in [-0.1, -0.05) is 18.2 Å². The van der Waals surface area contributed by atoms with Crippen LogP contribution in [0.3, 0.4) is 0 Å². The summed E-state index contributed by atoms with van der Waals surface area (Å²) in [4.78, 5) is 4.18. The SMILES string of the molecule is CN1CC2(CCN(c3nn(S(=O)(=O)c4ccc(S(=O)(=O)N(C)C)cc4)c4ccccc34)CC2)c2ccc(F)cc21. The number of para-hydroxylation sites is 1. The quantitative estimate of drug-likeness (QED) is 0.354. The molecule has 40 heavy (non-hydrogen) atoms. The highest BCUT2D eigenvalue weighted by Crippen LogP contribution is 2.47. The largest absolute Gasteiger partial charge is 0.373 e. The standard InChI is InChI=1S/C28H30FN5O4S2/c1-31(2)39(35,36)21-9-11-22(12-10-21)40(37,38)34-25-7-5-4-6-23(25)27(30-34)33-16-14-28(15-17-33)19-32(3)26-18-20(29)8-13-24(26)28/h4-13,18H,14-17,19H2,1-3H3. The lowest BCUT2D eigenvalue weighted by Crippen LogP contribution is -2.45. The maximum absolute atomic E-state index is 13.9. The van der Waals surface area contributed by atoms with E-state index in [0.717, 1.165) is 44.4 Å². The second-order valence-electron chi connectivity index (χ2n) is 10.7. The number of benzene rings is 3. The zero-order valence-corrected chi connectivity index (χ0v) is 24.1. The number of hydrogen-bond acceptors (Lipinski definition) is 7. The number of aromatic nitrogens is 2. The maximum Gasteiger partial charge on any atom is 0.283 e. The Labute approximate surface area is 233 Å². The summed E-state index contributed by atoms with van der Waals surface area (Å²) in [6.07, 6.45) is 1.65. The Morgan fingerprint density at radius 1 is 0.900 bits per heavy atom. The second-order valence-corrected chi connectivity index (χ2v) is 14.7. The van der Waals surface area contributed by atoms with E-state index in [4.69, 9.17) is 0 Å². The predicted octanol–water partition coefficient (Wildman–Crippen LogP) is 3.65. The number of piperidine rings is 1. The molecule has 1 saturated heterocycles. The Balaban J connectivity index is 1.33. The zero-order chi connectivity index (χ0) is 28.4. The minimum atomic E-state index is -4.11. The van der Waals surface area contributed by atoms with Crippen molar-refractivity contribution < 1.29 is 21.2 Å². The first-order valence-electron chi connectivity index (χ1n) is 13.0. The van der Waals surface area contributed by atoms with Crippen LogP contribution >= 0.6 is 0 Å². The topological polar surface area (TPSA) is 95.8 Å². The highest BCUT2D eigenvalue weighted by Gasteiger charge is 2.44. The van der Waals surface area contributed by atoms with E-state index in [-0.39, 0.29) is 21.0 Å². The van der Waals surface area contributed by atoms with Crippen LogP contribution in [0.15, 0.2) is 76.5 Å². The van der Waals surface area contributed by atoms with Gasteiger partial charge in [-0.3, -0.25) is 0 Å². The lowest BCUT2D eigenvalue weighted by Gasteiger charge is -2.40. The molecular weight excluding hydrogens is 553 g/mol.